The Bertz CT molecular complexity index is 754. The molecule has 4 rings (SSSR count). The Hall–Kier alpha value is -2.38. The standard InChI is InChI=1S/C21H29N5O2/c1-22-21(25-13-15-28-20(16-25)19-4-2-14-27-19)23-11-9-17-5-7-18(8-6-17)26-12-3-10-24-26/h3,5-8,10,12,19-20H,2,4,9,11,13-16H2,1H3,(H,22,23). The van der Waals surface area contributed by atoms with Crippen LogP contribution in [0.3, 0.4) is 0 Å². The summed E-state index contributed by atoms with van der Waals surface area (Å²) < 4.78 is 13.6. The van der Waals surface area contributed by atoms with Gasteiger partial charge in [-0.05, 0) is 43.0 Å². The first kappa shape index (κ1) is 19.0. The van der Waals surface area contributed by atoms with E-state index in [0.29, 0.717) is 0 Å². The van der Waals surface area contributed by atoms with E-state index in [1.807, 2.05) is 24.0 Å². The summed E-state index contributed by atoms with van der Waals surface area (Å²) in [6.07, 6.45) is 7.29. The Balaban J connectivity index is 1.27. The van der Waals surface area contributed by atoms with Crippen molar-refractivity contribution in [3.05, 3.63) is 48.3 Å². The van der Waals surface area contributed by atoms with Gasteiger partial charge in [0.05, 0.1) is 18.4 Å². The molecule has 1 aromatic heterocycles. The van der Waals surface area contributed by atoms with E-state index in [9.17, 15) is 0 Å². The minimum absolute atomic E-state index is 0.143. The molecular formula is C21H29N5O2. The summed E-state index contributed by atoms with van der Waals surface area (Å²) >= 11 is 0. The molecule has 0 saturated carbocycles. The predicted molar refractivity (Wildman–Crippen MR) is 109 cm³/mol. The van der Waals surface area contributed by atoms with Gasteiger partial charge in [0.2, 0.25) is 0 Å². The molecule has 2 aliphatic rings. The molecule has 1 N–H and O–H groups in total. The molecule has 0 bridgehead atoms. The lowest BCUT2D eigenvalue weighted by Crippen LogP contribution is -2.53. The van der Waals surface area contributed by atoms with Gasteiger partial charge < -0.3 is 19.7 Å². The van der Waals surface area contributed by atoms with Gasteiger partial charge in [0, 0.05) is 45.7 Å². The number of guanidine groups is 1. The SMILES string of the molecule is CN=C(NCCc1ccc(-n2cccn2)cc1)N1CCOC(C2CCCO2)C1. The fourth-order valence-corrected chi connectivity index (χ4v) is 3.88. The maximum Gasteiger partial charge on any atom is 0.193 e. The highest BCUT2D eigenvalue weighted by atomic mass is 16.5. The van der Waals surface area contributed by atoms with Crippen LogP contribution in [0.15, 0.2) is 47.7 Å². The molecule has 2 aliphatic heterocycles. The minimum atomic E-state index is 0.143. The smallest absolute Gasteiger partial charge is 0.193 e. The highest BCUT2D eigenvalue weighted by Crippen LogP contribution is 2.21. The zero-order valence-electron chi connectivity index (χ0n) is 16.5. The van der Waals surface area contributed by atoms with Crippen molar-refractivity contribution in [2.45, 2.75) is 31.5 Å². The first-order valence-corrected chi connectivity index (χ1v) is 10.1. The number of hydrogen-bond donors (Lipinski definition) is 1. The van der Waals surface area contributed by atoms with Crippen molar-refractivity contribution in [1.29, 1.82) is 0 Å². The third-order valence-corrected chi connectivity index (χ3v) is 5.39. The molecule has 2 aromatic rings. The van der Waals surface area contributed by atoms with Crippen molar-refractivity contribution in [1.82, 2.24) is 20.0 Å². The number of ether oxygens (including phenoxy) is 2. The summed E-state index contributed by atoms with van der Waals surface area (Å²) in [5.41, 5.74) is 2.36. The number of nitrogens with one attached hydrogen (secondary N) is 1. The molecule has 0 radical (unpaired) electrons. The molecule has 2 atom stereocenters. The number of benzene rings is 1. The second kappa shape index (κ2) is 9.21. The zero-order valence-corrected chi connectivity index (χ0v) is 16.5. The van der Waals surface area contributed by atoms with Crippen LogP contribution in [0.5, 0.6) is 0 Å². The second-order valence-corrected chi connectivity index (χ2v) is 7.25. The van der Waals surface area contributed by atoms with Crippen LogP contribution in [0, 0.1) is 0 Å². The van der Waals surface area contributed by atoms with E-state index in [4.69, 9.17) is 9.47 Å². The molecule has 7 nitrogen and oxygen atoms in total. The van der Waals surface area contributed by atoms with Crippen LogP contribution < -0.4 is 5.32 Å². The van der Waals surface area contributed by atoms with Crippen LogP contribution in [0.25, 0.3) is 5.69 Å². The molecule has 2 fully saturated rings. The van der Waals surface area contributed by atoms with Crippen molar-refractivity contribution in [2.24, 2.45) is 4.99 Å². The lowest BCUT2D eigenvalue weighted by molar-refractivity contribution is -0.0816. The van der Waals surface area contributed by atoms with Crippen LogP contribution >= 0.6 is 0 Å². The Morgan fingerprint density at radius 3 is 2.79 bits per heavy atom. The number of morpholine rings is 1. The minimum Gasteiger partial charge on any atom is -0.375 e. The lowest BCUT2D eigenvalue weighted by atomic mass is 10.1. The van der Waals surface area contributed by atoms with Crippen molar-refractivity contribution in [2.75, 3.05) is 39.9 Å². The molecule has 3 heterocycles. The molecule has 1 aromatic carbocycles. The van der Waals surface area contributed by atoms with Gasteiger partial charge in [-0.2, -0.15) is 5.10 Å². The maximum atomic E-state index is 5.95. The van der Waals surface area contributed by atoms with E-state index in [2.05, 4.69) is 44.6 Å². The third-order valence-electron chi connectivity index (χ3n) is 5.39. The fourth-order valence-electron chi connectivity index (χ4n) is 3.88. The molecule has 0 spiro atoms. The lowest BCUT2D eigenvalue weighted by Gasteiger charge is -2.37. The van der Waals surface area contributed by atoms with Crippen LogP contribution in [0.2, 0.25) is 0 Å². The van der Waals surface area contributed by atoms with Crippen molar-refractivity contribution in [3.63, 3.8) is 0 Å². The van der Waals surface area contributed by atoms with E-state index < -0.39 is 0 Å². The number of rotatable bonds is 5. The van der Waals surface area contributed by atoms with Gasteiger partial charge in [0.15, 0.2) is 5.96 Å². The molecule has 2 unspecified atom stereocenters. The summed E-state index contributed by atoms with van der Waals surface area (Å²) in [4.78, 5) is 6.76. The fraction of sp³-hybridized carbons (Fsp3) is 0.524. The predicted octanol–water partition coefficient (Wildman–Crippen LogP) is 1.87. The molecular weight excluding hydrogens is 354 g/mol. The van der Waals surface area contributed by atoms with E-state index in [0.717, 1.165) is 63.8 Å². The van der Waals surface area contributed by atoms with Crippen LogP contribution in [-0.2, 0) is 15.9 Å². The topological polar surface area (TPSA) is 63.9 Å². The van der Waals surface area contributed by atoms with E-state index in [1.54, 1.807) is 6.20 Å². The summed E-state index contributed by atoms with van der Waals surface area (Å²) in [5, 5.41) is 7.77. The van der Waals surface area contributed by atoms with E-state index in [-0.39, 0.29) is 12.2 Å². The molecule has 0 amide bonds. The van der Waals surface area contributed by atoms with Crippen molar-refractivity contribution >= 4 is 5.96 Å². The average Bonchev–Trinajstić information content (AvgIpc) is 3.46. The van der Waals surface area contributed by atoms with Gasteiger partial charge in [-0.3, -0.25) is 4.99 Å². The van der Waals surface area contributed by atoms with Crippen molar-refractivity contribution < 1.29 is 9.47 Å². The summed E-state index contributed by atoms with van der Waals surface area (Å²) in [7, 11) is 1.84. The van der Waals surface area contributed by atoms with Gasteiger partial charge in [0.25, 0.3) is 0 Å². The van der Waals surface area contributed by atoms with Gasteiger partial charge in [-0.25, -0.2) is 4.68 Å². The van der Waals surface area contributed by atoms with Gasteiger partial charge in [-0.1, -0.05) is 12.1 Å². The highest BCUT2D eigenvalue weighted by Gasteiger charge is 2.32. The molecule has 2 saturated heterocycles. The molecule has 7 heteroatoms. The highest BCUT2D eigenvalue weighted by molar-refractivity contribution is 5.80. The summed E-state index contributed by atoms with van der Waals surface area (Å²) in [6, 6.07) is 10.4. The summed E-state index contributed by atoms with van der Waals surface area (Å²) in [6.45, 7) is 4.12. The van der Waals surface area contributed by atoms with E-state index >= 15 is 0 Å². The summed E-state index contributed by atoms with van der Waals surface area (Å²) in [5.74, 6) is 0.944. The number of aliphatic imine (C=N–C) groups is 1. The quantitative estimate of drug-likeness (QED) is 0.631. The monoisotopic (exact) mass is 383 g/mol. The Morgan fingerprint density at radius 1 is 1.21 bits per heavy atom. The van der Waals surface area contributed by atoms with Gasteiger partial charge >= 0.3 is 0 Å². The van der Waals surface area contributed by atoms with Crippen LogP contribution in [0.4, 0.5) is 0 Å². The van der Waals surface area contributed by atoms with Crippen molar-refractivity contribution in [3.8, 4) is 5.69 Å². The third kappa shape index (κ3) is 4.54. The van der Waals surface area contributed by atoms with Crippen LogP contribution in [0.1, 0.15) is 18.4 Å². The molecule has 150 valence electrons. The molecule has 0 aliphatic carbocycles. The normalized spacial score (nSPS) is 23.2. The van der Waals surface area contributed by atoms with Gasteiger partial charge in [0.1, 0.15) is 6.10 Å². The average molecular weight is 383 g/mol. The second-order valence-electron chi connectivity index (χ2n) is 7.25. The first-order valence-electron chi connectivity index (χ1n) is 10.1. The maximum absolute atomic E-state index is 5.95. The number of hydrogen-bond acceptors (Lipinski definition) is 4. The number of aromatic nitrogens is 2. The molecule has 28 heavy (non-hydrogen) atoms. The van der Waals surface area contributed by atoms with Crippen LogP contribution in [-0.4, -0.2) is 72.7 Å². The largest absolute Gasteiger partial charge is 0.375 e. The Morgan fingerprint density at radius 2 is 2.07 bits per heavy atom. The number of nitrogens with zero attached hydrogens (tertiary/aromatic N) is 4. The Kier molecular flexibility index (Phi) is 6.24. The Labute approximate surface area is 166 Å². The van der Waals surface area contributed by atoms with E-state index in [1.165, 1.54) is 5.56 Å². The first-order chi connectivity index (χ1) is 13.8. The van der Waals surface area contributed by atoms with Gasteiger partial charge in [-0.15, -0.1) is 0 Å². The zero-order chi connectivity index (χ0) is 19.2.